The van der Waals surface area contributed by atoms with Gasteiger partial charge in [0.1, 0.15) is 5.60 Å². The number of aliphatic hydroxyl groups is 5. The first-order valence-corrected chi connectivity index (χ1v) is 9.31. The fraction of sp³-hybridized carbons (Fsp3) is 0.895. The standard InChI is InChI=1S/C19H32O5/c1-18(9-20)16-6-2-12-8-13(19(24,10-21)11-22)3-4-14(12)15(16)5-7-17(18)23/h2,13-17,20-24H,3-11H2,1H3/t13-,14-,15+,16+,17-,18-/m1/s1. The van der Waals surface area contributed by atoms with Gasteiger partial charge >= 0.3 is 0 Å². The maximum Gasteiger partial charge on any atom is 0.114 e. The smallest absolute Gasteiger partial charge is 0.114 e. The fourth-order valence-corrected chi connectivity index (χ4v) is 5.64. The van der Waals surface area contributed by atoms with Gasteiger partial charge in [-0.3, -0.25) is 0 Å². The normalized spacial score (nSPS) is 42.9. The zero-order valence-electron chi connectivity index (χ0n) is 14.6. The molecule has 24 heavy (non-hydrogen) atoms. The SMILES string of the molecule is C[C@]1(CO)[C@H](O)CC[C@H]2[C@@H]3CC[C@@H](C(O)(CO)CO)CC3=CC[C@@H]21. The van der Waals surface area contributed by atoms with Crippen LogP contribution >= 0.6 is 0 Å². The Morgan fingerprint density at radius 3 is 2.46 bits per heavy atom. The molecule has 3 aliphatic carbocycles. The van der Waals surface area contributed by atoms with E-state index in [1.807, 2.05) is 6.92 Å². The summed E-state index contributed by atoms with van der Waals surface area (Å²) >= 11 is 0. The molecule has 0 bridgehead atoms. The van der Waals surface area contributed by atoms with Gasteiger partial charge in [-0.2, -0.15) is 0 Å². The zero-order valence-corrected chi connectivity index (χ0v) is 14.6. The van der Waals surface area contributed by atoms with E-state index in [0.717, 1.165) is 38.5 Å². The average molecular weight is 340 g/mol. The van der Waals surface area contributed by atoms with Gasteiger partial charge < -0.3 is 25.5 Å². The Balaban J connectivity index is 1.81. The molecular formula is C19H32O5. The summed E-state index contributed by atoms with van der Waals surface area (Å²) in [5.41, 5.74) is -0.492. The van der Waals surface area contributed by atoms with Crippen LogP contribution in [-0.4, -0.2) is 57.1 Å². The molecule has 0 radical (unpaired) electrons. The Morgan fingerprint density at radius 2 is 1.83 bits per heavy atom. The van der Waals surface area contributed by atoms with Gasteiger partial charge in [0.2, 0.25) is 0 Å². The lowest BCUT2D eigenvalue weighted by Gasteiger charge is -2.54. The quantitative estimate of drug-likeness (QED) is 0.488. The van der Waals surface area contributed by atoms with E-state index in [2.05, 4.69) is 6.08 Å². The van der Waals surface area contributed by atoms with E-state index in [4.69, 9.17) is 0 Å². The molecule has 0 spiro atoms. The second-order valence-corrected chi connectivity index (χ2v) is 8.55. The highest BCUT2D eigenvalue weighted by Crippen LogP contribution is 2.56. The van der Waals surface area contributed by atoms with Gasteiger partial charge in [0, 0.05) is 5.41 Å². The molecule has 2 saturated carbocycles. The van der Waals surface area contributed by atoms with Gasteiger partial charge in [0.05, 0.1) is 25.9 Å². The van der Waals surface area contributed by atoms with Crippen molar-refractivity contribution in [2.45, 2.75) is 57.2 Å². The van der Waals surface area contributed by atoms with Crippen molar-refractivity contribution in [2.75, 3.05) is 19.8 Å². The summed E-state index contributed by atoms with van der Waals surface area (Å²) < 4.78 is 0. The maximum atomic E-state index is 10.4. The zero-order chi connectivity index (χ0) is 17.5. The molecular weight excluding hydrogens is 308 g/mol. The van der Waals surface area contributed by atoms with E-state index in [0.29, 0.717) is 17.8 Å². The van der Waals surface area contributed by atoms with Crippen molar-refractivity contribution in [2.24, 2.45) is 29.1 Å². The molecule has 0 aromatic carbocycles. The average Bonchev–Trinajstić information content (AvgIpc) is 2.63. The Labute approximate surface area is 144 Å². The molecule has 0 saturated heterocycles. The predicted molar refractivity (Wildman–Crippen MR) is 90.1 cm³/mol. The largest absolute Gasteiger partial charge is 0.396 e. The Bertz CT molecular complexity index is 486. The molecule has 0 heterocycles. The lowest BCUT2D eigenvalue weighted by Crippen LogP contribution is -2.53. The third-order valence-electron chi connectivity index (χ3n) is 7.48. The fourth-order valence-electron chi connectivity index (χ4n) is 5.64. The van der Waals surface area contributed by atoms with Crippen molar-refractivity contribution >= 4 is 0 Å². The van der Waals surface area contributed by atoms with E-state index in [1.54, 1.807) is 0 Å². The lowest BCUT2D eigenvalue weighted by atomic mass is 9.52. The summed E-state index contributed by atoms with van der Waals surface area (Å²) in [4.78, 5) is 0. The Kier molecular flexibility index (Phi) is 5.11. The van der Waals surface area contributed by atoms with Gasteiger partial charge in [-0.25, -0.2) is 0 Å². The van der Waals surface area contributed by atoms with Gasteiger partial charge in [0.25, 0.3) is 0 Å². The van der Waals surface area contributed by atoms with Crippen molar-refractivity contribution in [3.05, 3.63) is 11.6 Å². The summed E-state index contributed by atoms with van der Waals surface area (Å²) in [5, 5.41) is 49.7. The van der Waals surface area contributed by atoms with Crippen molar-refractivity contribution in [1.82, 2.24) is 0 Å². The van der Waals surface area contributed by atoms with Crippen molar-refractivity contribution in [3.63, 3.8) is 0 Å². The summed E-state index contributed by atoms with van der Waals surface area (Å²) in [7, 11) is 0. The highest BCUT2D eigenvalue weighted by molar-refractivity contribution is 5.20. The highest BCUT2D eigenvalue weighted by Gasteiger charge is 2.52. The lowest BCUT2D eigenvalue weighted by molar-refractivity contribution is -0.121. The molecule has 2 fully saturated rings. The first kappa shape index (κ1) is 18.3. The van der Waals surface area contributed by atoms with Crippen LogP contribution in [0.3, 0.4) is 0 Å². The van der Waals surface area contributed by atoms with Gasteiger partial charge in [-0.1, -0.05) is 18.6 Å². The summed E-state index contributed by atoms with van der Waals surface area (Å²) in [6.07, 6.45) is 6.83. The minimum atomic E-state index is -1.40. The minimum absolute atomic E-state index is 0.0165. The molecule has 0 aliphatic heterocycles. The summed E-state index contributed by atoms with van der Waals surface area (Å²) in [6, 6.07) is 0. The van der Waals surface area contributed by atoms with Crippen LogP contribution in [0.5, 0.6) is 0 Å². The van der Waals surface area contributed by atoms with Crippen LogP contribution in [0.2, 0.25) is 0 Å². The number of hydrogen-bond donors (Lipinski definition) is 5. The molecule has 0 aromatic rings. The second-order valence-electron chi connectivity index (χ2n) is 8.55. The molecule has 3 aliphatic rings. The number of fused-ring (bicyclic) bond motifs is 3. The molecule has 3 rings (SSSR count). The van der Waals surface area contributed by atoms with E-state index in [-0.39, 0.29) is 12.5 Å². The monoisotopic (exact) mass is 340 g/mol. The van der Waals surface area contributed by atoms with Crippen molar-refractivity contribution in [3.8, 4) is 0 Å². The van der Waals surface area contributed by atoms with E-state index in [1.165, 1.54) is 5.57 Å². The van der Waals surface area contributed by atoms with E-state index >= 15 is 0 Å². The van der Waals surface area contributed by atoms with Crippen LogP contribution in [0, 0.1) is 29.1 Å². The van der Waals surface area contributed by atoms with Crippen molar-refractivity contribution < 1.29 is 25.5 Å². The molecule has 0 unspecified atom stereocenters. The van der Waals surface area contributed by atoms with Gasteiger partial charge in [0.15, 0.2) is 0 Å². The molecule has 5 heteroatoms. The molecule has 5 N–H and O–H groups in total. The van der Waals surface area contributed by atoms with E-state index < -0.39 is 30.3 Å². The predicted octanol–water partition coefficient (Wildman–Crippen LogP) is 0.834. The Hall–Kier alpha value is -0.460. The van der Waals surface area contributed by atoms with Crippen LogP contribution in [0.15, 0.2) is 11.6 Å². The maximum absolute atomic E-state index is 10.4. The molecule has 138 valence electrons. The number of aliphatic hydroxyl groups excluding tert-OH is 4. The van der Waals surface area contributed by atoms with Crippen molar-refractivity contribution in [1.29, 1.82) is 0 Å². The molecule has 0 amide bonds. The molecule has 5 nitrogen and oxygen atoms in total. The van der Waals surface area contributed by atoms with Crippen LogP contribution in [-0.2, 0) is 0 Å². The van der Waals surface area contributed by atoms with Gasteiger partial charge in [-0.05, 0) is 62.2 Å². The highest BCUT2D eigenvalue weighted by atomic mass is 16.4. The van der Waals surface area contributed by atoms with E-state index in [9.17, 15) is 25.5 Å². The first-order valence-electron chi connectivity index (χ1n) is 9.31. The molecule has 0 aromatic heterocycles. The number of allylic oxidation sites excluding steroid dienone is 2. The number of rotatable bonds is 4. The van der Waals surface area contributed by atoms with Crippen LogP contribution < -0.4 is 0 Å². The second kappa shape index (κ2) is 6.69. The molecule has 6 atom stereocenters. The topological polar surface area (TPSA) is 101 Å². The van der Waals surface area contributed by atoms with Crippen LogP contribution in [0.1, 0.15) is 45.4 Å². The van der Waals surface area contributed by atoms with Crippen LogP contribution in [0.25, 0.3) is 0 Å². The first-order chi connectivity index (χ1) is 11.4. The van der Waals surface area contributed by atoms with Gasteiger partial charge in [-0.15, -0.1) is 0 Å². The number of hydrogen-bond acceptors (Lipinski definition) is 5. The van der Waals surface area contributed by atoms with Crippen LogP contribution in [0.4, 0.5) is 0 Å². The Morgan fingerprint density at radius 1 is 1.12 bits per heavy atom. The third kappa shape index (κ3) is 2.74. The minimum Gasteiger partial charge on any atom is -0.396 e. The summed E-state index contributed by atoms with van der Waals surface area (Å²) in [6.45, 7) is 1.21. The third-order valence-corrected chi connectivity index (χ3v) is 7.48. The summed E-state index contributed by atoms with van der Waals surface area (Å²) in [5.74, 6) is 1.11.